The molecule has 1 aromatic heterocycles. The molecule has 0 spiro atoms. The van der Waals surface area contributed by atoms with Crippen LogP contribution in [0.4, 0.5) is 5.82 Å². The van der Waals surface area contributed by atoms with Gasteiger partial charge in [-0.3, -0.25) is 4.79 Å². The van der Waals surface area contributed by atoms with Crippen molar-refractivity contribution in [1.82, 2.24) is 15.3 Å². The lowest BCUT2D eigenvalue weighted by atomic mass is 10.2. The number of thioether (sulfide) groups is 1. The molecule has 0 bridgehead atoms. The SMILES string of the molecule is CCOC(=O)c1cnc(S[C@H](CC)C(=O)NC2CCCC2)nc1N. The summed E-state index contributed by atoms with van der Waals surface area (Å²) < 4.78 is 4.89. The summed E-state index contributed by atoms with van der Waals surface area (Å²) in [6.07, 6.45) is 6.44. The fraction of sp³-hybridized carbons (Fsp3) is 0.625. The van der Waals surface area contributed by atoms with Crippen LogP contribution >= 0.6 is 11.8 Å². The number of aromatic nitrogens is 2. The molecule has 1 aromatic rings. The van der Waals surface area contributed by atoms with Crippen LogP contribution in [0, 0.1) is 0 Å². The number of carbonyl (C=O) groups is 2. The van der Waals surface area contributed by atoms with E-state index in [0.29, 0.717) is 11.6 Å². The predicted molar refractivity (Wildman–Crippen MR) is 92.7 cm³/mol. The fourth-order valence-corrected chi connectivity index (χ4v) is 3.48. The topological polar surface area (TPSA) is 107 Å². The number of nitrogens with zero attached hydrogens (tertiary/aromatic N) is 2. The average molecular weight is 352 g/mol. The van der Waals surface area contributed by atoms with E-state index in [4.69, 9.17) is 10.5 Å². The quantitative estimate of drug-likeness (QED) is 0.440. The third-order valence-corrected chi connectivity index (χ3v) is 5.14. The molecular weight excluding hydrogens is 328 g/mol. The van der Waals surface area contributed by atoms with E-state index in [1.54, 1.807) is 6.92 Å². The number of amides is 1. The molecule has 1 amide bonds. The Morgan fingerprint density at radius 1 is 1.42 bits per heavy atom. The minimum Gasteiger partial charge on any atom is -0.462 e. The molecule has 2 rings (SSSR count). The number of carbonyl (C=O) groups excluding carboxylic acids is 2. The van der Waals surface area contributed by atoms with Crippen LogP contribution in [0.25, 0.3) is 0 Å². The van der Waals surface area contributed by atoms with Crippen molar-refractivity contribution in [2.45, 2.75) is 62.4 Å². The zero-order chi connectivity index (χ0) is 17.5. The van der Waals surface area contributed by atoms with Crippen LogP contribution in [0.2, 0.25) is 0 Å². The first-order valence-corrected chi connectivity index (χ1v) is 9.19. The standard InChI is InChI=1S/C16H24N4O3S/c1-3-12(14(21)19-10-7-5-6-8-10)24-16-18-9-11(13(17)20-16)15(22)23-4-2/h9-10,12H,3-8H2,1-2H3,(H,19,21)(H2,17,18,20)/t12-/m1/s1. The highest BCUT2D eigenvalue weighted by Gasteiger charge is 2.24. The molecule has 24 heavy (non-hydrogen) atoms. The second kappa shape index (κ2) is 8.86. The first-order chi connectivity index (χ1) is 11.5. The van der Waals surface area contributed by atoms with Crippen molar-refractivity contribution in [1.29, 1.82) is 0 Å². The Morgan fingerprint density at radius 3 is 2.71 bits per heavy atom. The van der Waals surface area contributed by atoms with Crippen molar-refractivity contribution >= 4 is 29.5 Å². The molecule has 1 saturated carbocycles. The number of anilines is 1. The lowest BCUT2D eigenvalue weighted by Gasteiger charge is -2.17. The van der Waals surface area contributed by atoms with Crippen molar-refractivity contribution in [3.05, 3.63) is 11.8 Å². The minimum atomic E-state index is -0.544. The maximum atomic E-state index is 12.4. The average Bonchev–Trinajstić information content (AvgIpc) is 3.05. The molecule has 0 unspecified atom stereocenters. The highest BCUT2D eigenvalue weighted by atomic mass is 32.2. The van der Waals surface area contributed by atoms with Gasteiger partial charge in [0.2, 0.25) is 5.91 Å². The first kappa shape index (κ1) is 18.5. The third-order valence-electron chi connectivity index (χ3n) is 3.90. The number of esters is 1. The largest absolute Gasteiger partial charge is 0.462 e. The molecule has 132 valence electrons. The van der Waals surface area contributed by atoms with Gasteiger partial charge in [-0.25, -0.2) is 14.8 Å². The van der Waals surface area contributed by atoms with E-state index >= 15 is 0 Å². The maximum Gasteiger partial charge on any atom is 0.343 e. The third kappa shape index (κ3) is 4.83. The van der Waals surface area contributed by atoms with E-state index in [0.717, 1.165) is 12.8 Å². The first-order valence-electron chi connectivity index (χ1n) is 8.31. The Hall–Kier alpha value is -1.83. The predicted octanol–water partition coefficient (Wildman–Crippen LogP) is 2.17. The van der Waals surface area contributed by atoms with Crippen LogP contribution in [0.5, 0.6) is 0 Å². The summed E-state index contributed by atoms with van der Waals surface area (Å²) in [7, 11) is 0. The Morgan fingerprint density at radius 2 is 2.12 bits per heavy atom. The van der Waals surface area contributed by atoms with Gasteiger partial charge in [0, 0.05) is 12.2 Å². The number of nitrogens with two attached hydrogens (primary N) is 1. The zero-order valence-corrected chi connectivity index (χ0v) is 14.9. The number of nitrogens with one attached hydrogen (secondary N) is 1. The second-order valence-electron chi connectivity index (χ2n) is 5.68. The van der Waals surface area contributed by atoms with Crippen LogP contribution in [0.15, 0.2) is 11.4 Å². The molecule has 1 atom stereocenters. The molecule has 0 radical (unpaired) electrons. The van der Waals surface area contributed by atoms with Crippen LogP contribution in [0.3, 0.4) is 0 Å². The highest BCUT2D eigenvalue weighted by Crippen LogP contribution is 2.25. The molecule has 7 nitrogen and oxygen atoms in total. The minimum absolute atomic E-state index is 0.00559. The highest BCUT2D eigenvalue weighted by molar-refractivity contribution is 8.00. The van der Waals surface area contributed by atoms with Gasteiger partial charge in [0.05, 0.1) is 11.9 Å². The van der Waals surface area contributed by atoms with E-state index in [1.807, 2.05) is 6.92 Å². The molecule has 0 aromatic carbocycles. The van der Waals surface area contributed by atoms with Gasteiger partial charge < -0.3 is 15.8 Å². The Bertz CT molecular complexity index is 591. The summed E-state index contributed by atoms with van der Waals surface area (Å²) in [5.41, 5.74) is 5.96. The molecule has 3 N–H and O–H groups in total. The molecule has 8 heteroatoms. The molecule has 0 aliphatic heterocycles. The smallest absolute Gasteiger partial charge is 0.343 e. The van der Waals surface area contributed by atoms with Crippen molar-refractivity contribution in [2.24, 2.45) is 0 Å². The number of ether oxygens (including phenoxy) is 1. The van der Waals surface area contributed by atoms with Gasteiger partial charge in [-0.15, -0.1) is 0 Å². The van der Waals surface area contributed by atoms with Gasteiger partial charge in [0.25, 0.3) is 0 Å². The summed E-state index contributed by atoms with van der Waals surface area (Å²) in [6, 6.07) is 0.282. The Balaban J connectivity index is 2.00. The fourth-order valence-electron chi connectivity index (χ4n) is 2.61. The van der Waals surface area contributed by atoms with Gasteiger partial charge in [0.1, 0.15) is 11.4 Å². The van der Waals surface area contributed by atoms with E-state index in [2.05, 4.69) is 15.3 Å². The summed E-state index contributed by atoms with van der Waals surface area (Å²) in [5.74, 6) is -0.472. The molecule has 0 saturated heterocycles. The molecular formula is C16H24N4O3S. The van der Waals surface area contributed by atoms with Crippen LogP contribution in [-0.2, 0) is 9.53 Å². The number of rotatable bonds is 7. The zero-order valence-electron chi connectivity index (χ0n) is 14.1. The van der Waals surface area contributed by atoms with E-state index in [1.165, 1.54) is 30.8 Å². The van der Waals surface area contributed by atoms with Gasteiger partial charge in [-0.05, 0) is 26.2 Å². The van der Waals surface area contributed by atoms with Gasteiger partial charge in [0.15, 0.2) is 5.16 Å². The molecule has 1 heterocycles. The monoisotopic (exact) mass is 352 g/mol. The number of hydrogen-bond acceptors (Lipinski definition) is 7. The number of hydrogen-bond donors (Lipinski definition) is 2. The van der Waals surface area contributed by atoms with E-state index in [9.17, 15) is 9.59 Å². The number of nitrogen functional groups attached to an aromatic ring is 1. The normalized spacial score (nSPS) is 15.9. The lowest BCUT2D eigenvalue weighted by Crippen LogP contribution is -2.38. The summed E-state index contributed by atoms with van der Waals surface area (Å²) in [5, 5.41) is 3.19. The summed E-state index contributed by atoms with van der Waals surface area (Å²) >= 11 is 1.26. The second-order valence-corrected chi connectivity index (χ2v) is 6.85. The Labute approximate surface area is 146 Å². The van der Waals surface area contributed by atoms with Gasteiger partial charge in [-0.2, -0.15) is 0 Å². The van der Waals surface area contributed by atoms with Crippen LogP contribution in [-0.4, -0.2) is 39.7 Å². The lowest BCUT2D eigenvalue weighted by molar-refractivity contribution is -0.121. The van der Waals surface area contributed by atoms with Gasteiger partial charge >= 0.3 is 5.97 Å². The van der Waals surface area contributed by atoms with E-state index in [-0.39, 0.29) is 35.2 Å². The van der Waals surface area contributed by atoms with Gasteiger partial charge in [-0.1, -0.05) is 31.5 Å². The summed E-state index contributed by atoms with van der Waals surface area (Å²) in [4.78, 5) is 32.4. The van der Waals surface area contributed by atoms with Crippen LogP contribution < -0.4 is 11.1 Å². The van der Waals surface area contributed by atoms with E-state index < -0.39 is 5.97 Å². The van der Waals surface area contributed by atoms with Crippen molar-refractivity contribution in [2.75, 3.05) is 12.3 Å². The Kier molecular flexibility index (Phi) is 6.84. The summed E-state index contributed by atoms with van der Waals surface area (Å²) in [6.45, 7) is 3.92. The van der Waals surface area contributed by atoms with Crippen molar-refractivity contribution in [3.8, 4) is 0 Å². The maximum absolute atomic E-state index is 12.4. The van der Waals surface area contributed by atoms with Crippen molar-refractivity contribution in [3.63, 3.8) is 0 Å². The molecule has 1 fully saturated rings. The van der Waals surface area contributed by atoms with Crippen molar-refractivity contribution < 1.29 is 14.3 Å². The molecule has 1 aliphatic carbocycles. The molecule has 1 aliphatic rings. The van der Waals surface area contributed by atoms with Crippen LogP contribution in [0.1, 0.15) is 56.3 Å².